The minimum atomic E-state index is 0.247. The third kappa shape index (κ3) is 1.59. The lowest BCUT2D eigenvalue weighted by molar-refractivity contribution is 0.254. The fourth-order valence-corrected chi connectivity index (χ4v) is 3.28. The van der Waals surface area contributed by atoms with Gasteiger partial charge < -0.3 is 9.88 Å². The highest BCUT2D eigenvalue weighted by molar-refractivity contribution is 5.86. The second-order valence-corrected chi connectivity index (χ2v) is 6.44. The maximum absolute atomic E-state index is 3.70. The van der Waals surface area contributed by atoms with Crippen molar-refractivity contribution < 1.29 is 0 Å². The zero-order valence-electron chi connectivity index (χ0n) is 11.7. The number of hydrogen-bond acceptors (Lipinski definition) is 1. The first-order chi connectivity index (χ1) is 8.50. The Morgan fingerprint density at radius 2 is 1.94 bits per heavy atom. The van der Waals surface area contributed by atoms with E-state index in [1.807, 2.05) is 0 Å². The van der Waals surface area contributed by atoms with E-state index in [4.69, 9.17) is 0 Å². The van der Waals surface area contributed by atoms with Crippen LogP contribution in [0.4, 0.5) is 0 Å². The van der Waals surface area contributed by atoms with E-state index in [2.05, 4.69) is 62.0 Å². The van der Waals surface area contributed by atoms with Crippen LogP contribution < -0.4 is 5.32 Å². The Bertz CT molecular complexity index is 587. The summed E-state index contributed by atoms with van der Waals surface area (Å²) >= 11 is 0. The van der Waals surface area contributed by atoms with Crippen molar-refractivity contribution in [2.75, 3.05) is 6.54 Å². The van der Waals surface area contributed by atoms with Crippen molar-refractivity contribution in [2.45, 2.75) is 33.2 Å². The van der Waals surface area contributed by atoms with E-state index in [9.17, 15) is 0 Å². The molecule has 0 fully saturated rings. The number of fused-ring (bicyclic) bond motifs is 3. The number of nitrogens with one attached hydrogen (secondary N) is 1. The fraction of sp³-hybridized carbons (Fsp3) is 0.500. The van der Waals surface area contributed by atoms with Crippen molar-refractivity contribution in [3.05, 3.63) is 35.5 Å². The molecule has 2 heteroatoms. The van der Waals surface area contributed by atoms with Crippen LogP contribution >= 0.6 is 0 Å². The van der Waals surface area contributed by atoms with Crippen LogP contribution in [0.25, 0.3) is 10.9 Å². The summed E-state index contributed by atoms with van der Waals surface area (Å²) in [6.45, 7) is 8.04. The molecule has 2 aromatic rings. The minimum Gasteiger partial charge on any atom is -0.346 e. The van der Waals surface area contributed by atoms with Gasteiger partial charge in [-0.05, 0) is 30.0 Å². The predicted octanol–water partition coefficient (Wildman–Crippen LogP) is 3.41. The molecule has 0 spiro atoms. The molecule has 1 N–H and O–H groups in total. The van der Waals surface area contributed by atoms with Crippen LogP contribution in [0.5, 0.6) is 0 Å². The van der Waals surface area contributed by atoms with Crippen LogP contribution in [0.2, 0.25) is 0 Å². The molecule has 2 nitrogen and oxygen atoms in total. The Morgan fingerprint density at radius 3 is 2.67 bits per heavy atom. The Kier molecular flexibility index (Phi) is 2.53. The lowest BCUT2D eigenvalue weighted by atomic mass is 9.81. The fourth-order valence-electron chi connectivity index (χ4n) is 3.28. The number of para-hydroxylation sites is 1. The van der Waals surface area contributed by atoms with Gasteiger partial charge in [0, 0.05) is 23.6 Å². The van der Waals surface area contributed by atoms with E-state index in [-0.39, 0.29) is 5.41 Å². The molecule has 0 radical (unpaired) electrons. The van der Waals surface area contributed by atoms with Gasteiger partial charge in [0.1, 0.15) is 0 Å². The molecule has 1 aromatic heterocycles. The number of aryl methyl sites for hydroxylation is 1. The van der Waals surface area contributed by atoms with E-state index in [0.717, 1.165) is 13.0 Å². The first-order valence-electron chi connectivity index (χ1n) is 6.79. The minimum absolute atomic E-state index is 0.247. The van der Waals surface area contributed by atoms with Crippen LogP contribution in [0, 0.1) is 5.41 Å². The van der Waals surface area contributed by atoms with E-state index in [1.165, 1.54) is 16.6 Å². The van der Waals surface area contributed by atoms with Gasteiger partial charge in [-0.25, -0.2) is 0 Å². The highest BCUT2D eigenvalue weighted by atomic mass is 15.0. The second kappa shape index (κ2) is 3.86. The van der Waals surface area contributed by atoms with Gasteiger partial charge in [0.2, 0.25) is 0 Å². The molecule has 1 aliphatic rings. The standard InChI is InChI=1S/C16H22N2/c1-16(2,3)15-14-12(9-10-17-15)11-7-5-6-8-13(11)18(14)4/h5-8,15,17H,9-10H2,1-4H3/t15-/m1/s1. The predicted molar refractivity (Wildman–Crippen MR) is 76.8 cm³/mol. The van der Waals surface area contributed by atoms with E-state index in [1.54, 1.807) is 5.56 Å². The van der Waals surface area contributed by atoms with Gasteiger partial charge in [0.15, 0.2) is 0 Å². The van der Waals surface area contributed by atoms with Gasteiger partial charge in [0.05, 0.1) is 6.04 Å². The Balaban J connectivity index is 2.30. The zero-order valence-corrected chi connectivity index (χ0v) is 11.7. The van der Waals surface area contributed by atoms with Crippen LogP contribution in [-0.4, -0.2) is 11.1 Å². The van der Waals surface area contributed by atoms with Crippen molar-refractivity contribution in [2.24, 2.45) is 12.5 Å². The van der Waals surface area contributed by atoms with Crippen LogP contribution in [0.3, 0.4) is 0 Å². The summed E-state index contributed by atoms with van der Waals surface area (Å²) in [5.41, 5.74) is 4.64. The summed E-state index contributed by atoms with van der Waals surface area (Å²) in [5, 5.41) is 5.13. The molecule has 1 aliphatic heterocycles. The van der Waals surface area contributed by atoms with Gasteiger partial charge in [-0.2, -0.15) is 0 Å². The number of aromatic nitrogens is 1. The molecular formula is C16H22N2. The average Bonchev–Trinajstić information content (AvgIpc) is 2.63. The van der Waals surface area contributed by atoms with Crippen LogP contribution in [0.15, 0.2) is 24.3 Å². The zero-order chi connectivity index (χ0) is 12.9. The molecule has 1 aromatic carbocycles. The molecule has 96 valence electrons. The molecule has 0 unspecified atom stereocenters. The maximum atomic E-state index is 3.70. The Hall–Kier alpha value is -1.28. The third-order valence-corrected chi connectivity index (χ3v) is 4.12. The smallest absolute Gasteiger partial charge is 0.0527 e. The third-order valence-electron chi connectivity index (χ3n) is 4.12. The average molecular weight is 242 g/mol. The van der Waals surface area contributed by atoms with Crippen molar-refractivity contribution in [1.82, 2.24) is 9.88 Å². The first-order valence-corrected chi connectivity index (χ1v) is 6.79. The summed E-state index contributed by atoms with van der Waals surface area (Å²) in [6.07, 6.45) is 1.14. The molecule has 18 heavy (non-hydrogen) atoms. The highest BCUT2D eigenvalue weighted by Gasteiger charge is 2.33. The van der Waals surface area contributed by atoms with Gasteiger partial charge >= 0.3 is 0 Å². The second-order valence-electron chi connectivity index (χ2n) is 6.44. The summed E-state index contributed by atoms with van der Waals surface area (Å²) in [6, 6.07) is 9.22. The number of rotatable bonds is 0. The van der Waals surface area contributed by atoms with Crippen LogP contribution in [-0.2, 0) is 13.5 Å². The maximum Gasteiger partial charge on any atom is 0.0527 e. The van der Waals surface area contributed by atoms with Crippen molar-refractivity contribution >= 4 is 10.9 Å². The lowest BCUT2D eigenvalue weighted by Gasteiger charge is -2.36. The molecule has 0 saturated carbocycles. The SMILES string of the molecule is Cn1c2c(c3ccccc31)CCN[C@H]2C(C)(C)C. The Morgan fingerprint density at radius 1 is 1.22 bits per heavy atom. The van der Waals surface area contributed by atoms with E-state index in [0.29, 0.717) is 6.04 Å². The molecule has 3 rings (SSSR count). The molecule has 0 bridgehead atoms. The summed E-state index contributed by atoms with van der Waals surface area (Å²) in [4.78, 5) is 0. The van der Waals surface area contributed by atoms with Gasteiger partial charge in [0.25, 0.3) is 0 Å². The first kappa shape index (κ1) is 11.8. The van der Waals surface area contributed by atoms with E-state index < -0.39 is 0 Å². The Labute approximate surface area is 109 Å². The van der Waals surface area contributed by atoms with Crippen molar-refractivity contribution in [1.29, 1.82) is 0 Å². The van der Waals surface area contributed by atoms with E-state index >= 15 is 0 Å². The quantitative estimate of drug-likeness (QED) is 0.749. The summed E-state index contributed by atoms with van der Waals surface area (Å²) in [7, 11) is 2.20. The largest absolute Gasteiger partial charge is 0.346 e. The van der Waals surface area contributed by atoms with Crippen LogP contribution in [0.1, 0.15) is 38.1 Å². The summed E-state index contributed by atoms with van der Waals surface area (Å²) in [5.74, 6) is 0. The molecule has 0 saturated heterocycles. The van der Waals surface area contributed by atoms with Gasteiger partial charge in [-0.15, -0.1) is 0 Å². The van der Waals surface area contributed by atoms with Crippen molar-refractivity contribution in [3.63, 3.8) is 0 Å². The van der Waals surface area contributed by atoms with Gasteiger partial charge in [-0.3, -0.25) is 0 Å². The highest BCUT2D eigenvalue weighted by Crippen LogP contribution is 2.40. The summed E-state index contributed by atoms with van der Waals surface area (Å²) < 4.78 is 2.38. The molecular weight excluding hydrogens is 220 g/mol. The monoisotopic (exact) mass is 242 g/mol. The number of nitrogens with zero attached hydrogens (tertiary/aromatic N) is 1. The number of hydrogen-bond donors (Lipinski definition) is 1. The molecule has 1 atom stereocenters. The van der Waals surface area contributed by atoms with Gasteiger partial charge in [-0.1, -0.05) is 39.0 Å². The molecule has 0 amide bonds. The lowest BCUT2D eigenvalue weighted by Crippen LogP contribution is -2.38. The molecule has 0 aliphatic carbocycles. The molecule has 2 heterocycles. The number of benzene rings is 1. The normalized spacial score (nSPS) is 20.1. The van der Waals surface area contributed by atoms with Crippen molar-refractivity contribution in [3.8, 4) is 0 Å². The topological polar surface area (TPSA) is 17.0 Å².